The molecular weight excluding hydrogens is 423 g/mol. The fourth-order valence-corrected chi connectivity index (χ4v) is 3.20. The molecule has 0 bridgehead atoms. The number of aliphatic imine (C=N–C) groups is 1. The highest BCUT2D eigenvalue weighted by Gasteiger charge is 2.18. The molecule has 2 atom stereocenters. The normalized spacial score (nSPS) is 21.4. The molecule has 0 spiro atoms. The molecule has 4 nitrogen and oxygen atoms in total. The molecular formula is C17H28ClIN4. The molecule has 2 N–H and O–H groups in total. The third-order valence-electron chi connectivity index (χ3n) is 4.32. The van der Waals surface area contributed by atoms with Gasteiger partial charge in [-0.2, -0.15) is 0 Å². The number of guanidine groups is 1. The van der Waals surface area contributed by atoms with Crippen molar-refractivity contribution in [1.82, 2.24) is 15.6 Å². The van der Waals surface area contributed by atoms with Gasteiger partial charge in [-0.15, -0.1) is 24.0 Å². The molecule has 1 fully saturated rings. The molecule has 0 radical (unpaired) electrons. The monoisotopic (exact) mass is 450 g/mol. The van der Waals surface area contributed by atoms with Crippen LogP contribution < -0.4 is 10.6 Å². The van der Waals surface area contributed by atoms with E-state index in [1.165, 1.54) is 31.2 Å². The number of hydrogen-bond acceptors (Lipinski definition) is 2. The van der Waals surface area contributed by atoms with Crippen LogP contribution in [-0.2, 0) is 6.42 Å². The van der Waals surface area contributed by atoms with E-state index in [9.17, 15) is 0 Å². The van der Waals surface area contributed by atoms with Crippen LogP contribution >= 0.6 is 35.6 Å². The predicted molar refractivity (Wildman–Crippen MR) is 109 cm³/mol. The standard InChI is InChI=1S/C17H27ClN4.HI/c1-13-4-3-5-15(10-13)12-22-17(19-2)20-9-8-14-6-7-16(18)21-11-14;/h6-7,11,13,15H,3-5,8-10,12H2,1-2H3,(H2,19,20,22);1H. The van der Waals surface area contributed by atoms with Crippen LogP contribution in [0.1, 0.15) is 38.2 Å². The number of rotatable bonds is 5. The Morgan fingerprint density at radius 3 is 2.83 bits per heavy atom. The van der Waals surface area contributed by atoms with Gasteiger partial charge in [0.15, 0.2) is 5.96 Å². The molecule has 2 rings (SSSR count). The fraction of sp³-hybridized carbons (Fsp3) is 0.647. The van der Waals surface area contributed by atoms with Crippen molar-refractivity contribution in [2.45, 2.75) is 39.0 Å². The lowest BCUT2D eigenvalue weighted by molar-refractivity contribution is 0.282. The minimum absolute atomic E-state index is 0. The number of nitrogens with one attached hydrogen (secondary N) is 2. The first kappa shape index (κ1) is 20.5. The maximum atomic E-state index is 5.79. The van der Waals surface area contributed by atoms with Crippen molar-refractivity contribution in [3.63, 3.8) is 0 Å². The first-order valence-corrected chi connectivity index (χ1v) is 8.60. The van der Waals surface area contributed by atoms with Gasteiger partial charge in [-0.3, -0.25) is 4.99 Å². The molecule has 0 aliphatic heterocycles. The van der Waals surface area contributed by atoms with Crippen LogP contribution in [0.2, 0.25) is 5.15 Å². The minimum Gasteiger partial charge on any atom is -0.356 e. The van der Waals surface area contributed by atoms with E-state index in [-0.39, 0.29) is 24.0 Å². The molecule has 0 aromatic carbocycles. The van der Waals surface area contributed by atoms with Crippen molar-refractivity contribution in [1.29, 1.82) is 0 Å². The van der Waals surface area contributed by atoms with Crippen LogP contribution in [0.3, 0.4) is 0 Å². The number of halogens is 2. The second-order valence-corrected chi connectivity index (χ2v) is 6.64. The van der Waals surface area contributed by atoms with E-state index in [0.717, 1.165) is 37.3 Å². The third-order valence-corrected chi connectivity index (χ3v) is 4.55. The highest BCUT2D eigenvalue weighted by Crippen LogP contribution is 2.27. The summed E-state index contributed by atoms with van der Waals surface area (Å²) in [7, 11) is 1.82. The largest absolute Gasteiger partial charge is 0.356 e. The summed E-state index contributed by atoms with van der Waals surface area (Å²) >= 11 is 5.79. The van der Waals surface area contributed by atoms with Crippen LogP contribution in [0.15, 0.2) is 23.3 Å². The second-order valence-electron chi connectivity index (χ2n) is 6.26. The first-order chi connectivity index (χ1) is 10.7. The lowest BCUT2D eigenvalue weighted by atomic mass is 9.82. The van der Waals surface area contributed by atoms with E-state index in [1.807, 2.05) is 25.4 Å². The smallest absolute Gasteiger partial charge is 0.190 e. The summed E-state index contributed by atoms with van der Waals surface area (Å²) < 4.78 is 0. The molecule has 1 aromatic heterocycles. The van der Waals surface area contributed by atoms with Gasteiger partial charge in [-0.05, 0) is 42.7 Å². The Morgan fingerprint density at radius 2 is 2.17 bits per heavy atom. The van der Waals surface area contributed by atoms with Crippen molar-refractivity contribution in [2.24, 2.45) is 16.8 Å². The molecule has 6 heteroatoms. The average Bonchev–Trinajstić information content (AvgIpc) is 2.52. The molecule has 1 heterocycles. The maximum Gasteiger partial charge on any atom is 0.190 e. The summed E-state index contributed by atoms with van der Waals surface area (Å²) in [6.07, 6.45) is 8.15. The van der Waals surface area contributed by atoms with E-state index in [4.69, 9.17) is 11.6 Å². The zero-order valence-corrected chi connectivity index (χ0v) is 17.1. The first-order valence-electron chi connectivity index (χ1n) is 8.22. The Morgan fingerprint density at radius 1 is 1.35 bits per heavy atom. The summed E-state index contributed by atoms with van der Waals surface area (Å²) in [5, 5.41) is 7.36. The van der Waals surface area contributed by atoms with E-state index < -0.39 is 0 Å². The van der Waals surface area contributed by atoms with Crippen LogP contribution in [0.4, 0.5) is 0 Å². The Kier molecular flexibility index (Phi) is 9.86. The maximum absolute atomic E-state index is 5.79. The zero-order valence-electron chi connectivity index (χ0n) is 14.0. The van der Waals surface area contributed by atoms with Crippen LogP contribution in [0.25, 0.3) is 0 Å². The van der Waals surface area contributed by atoms with Crippen molar-refractivity contribution < 1.29 is 0 Å². The molecule has 1 aromatic rings. The minimum atomic E-state index is 0. The third kappa shape index (κ3) is 7.70. The zero-order chi connectivity index (χ0) is 15.8. The highest BCUT2D eigenvalue weighted by molar-refractivity contribution is 14.0. The van der Waals surface area contributed by atoms with Crippen molar-refractivity contribution >= 4 is 41.5 Å². The Balaban J connectivity index is 0.00000264. The topological polar surface area (TPSA) is 49.3 Å². The van der Waals surface area contributed by atoms with Gasteiger partial charge in [-0.25, -0.2) is 4.98 Å². The van der Waals surface area contributed by atoms with Gasteiger partial charge in [0.25, 0.3) is 0 Å². The molecule has 0 amide bonds. The van der Waals surface area contributed by atoms with Crippen molar-refractivity contribution in [3.05, 3.63) is 29.0 Å². The van der Waals surface area contributed by atoms with Crippen LogP contribution in [-0.4, -0.2) is 31.1 Å². The summed E-state index contributed by atoms with van der Waals surface area (Å²) in [5.74, 6) is 2.54. The van der Waals surface area contributed by atoms with Crippen molar-refractivity contribution in [2.75, 3.05) is 20.1 Å². The number of nitrogens with zero attached hydrogens (tertiary/aromatic N) is 2. The van der Waals surface area contributed by atoms with Gasteiger partial charge in [0.05, 0.1) is 0 Å². The Labute approximate surface area is 161 Å². The number of pyridine rings is 1. The summed E-state index contributed by atoms with van der Waals surface area (Å²) in [6, 6.07) is 3.84. The quantitative estimate of drug-likeness (QED) is 0.310. The van der Waals surface area contributed by atoms with Gasteiger partial charge in [0.2, 0.25) is 0 Å². The summed E-state index contributed by atoms with van der Waals surface area (Å²) in [6.45, 7) is 4.22. The number of aromatic nitrogens is 1. The highest BCUT2D eigenvalue weighted by atomic mass is 127. The van der Waals surface area contributed by atoms with E-state index in [0.29, 0.717) is 5.15 Å². The van der Waals surface area contributed by atoms with Gasteiger partial charge in [0.1, 0.15) is 5.15 Å². The van der Waals surface area contributed by atoms with Gasteiger partial charge in [-0.1, -0.05) is 37.4 Å². The lowest BCUT2D eigenvalue weighted by Crippen LogP contribution is -2.41. The molecule has 1 aliphatic carbocycles. The van der Waals surface area contributed by atoms with Gasteiger partial charge >= 0.3 is 0 Å². The Bertz CT molecular complexity index is 478. The predicted octanol–water partition coefficient (Wildman–Crippen LogP) is 3.89. The number of hydrogen-bond donors (Lipinski definition) is 2. The molecule has 1 saturated carbocycles. The average molecular weight is 451 g/mol. The van der Waals surface area contributed by atoms with Gasteiger partial charge < -0.3 is 10.6 Å². The van der Waals surface area contributed by atoms with Crippen LogP contribution in [0.5, 0.6) is 0 Å². The van der Waals surface area contributed by atoms with Crippen molar-refractivity contribution in [3.8, 4) is 0 Å². The SMILES string of the molecule is CN=C(NCCc1ccc(Cl)nc1)NCC1CCCC(C)C1.I. The summed E-state index contributed by atoms with van der Waals surface area (Å²) in [4.78, 5) is 8.39. The van der Waals surface area contributed by atoms with E-state index >= 15 is 0 Å². The molecule has 0 saturated heterocycles. The second kappa shape index (κ2) is 11.1. The fourth-order valence-electron chi connectivity index (χ4n) is 3.09. The van der Waals surface area contributed by atoms with E-state index in [2.05, 4.69) is 27.5 Å². The molecule has 1 aliphatic rings. The molecule has 23 heavy (non-hydrogen) atoms. The summed E-state index contributed by atoms with van der Waals surface area (Å²) in [5.41, 5.74) is 1.17. The Hall–Kier alpha value is -0.560. The van der Waals surface area contributed by atoms with Crippen LogP contribution in [0, 0.1) is 11.8 Å². The lowest BCUT2D eigenvalue weighted by Gasteiger charge is -2.27. The van der Waals surface area contributed by atoms with E-state index in [1.54, 1.807) is 0 Å². The van der Waals surface area contributed by atoms with Gasteiger partial charge in [0, 0.05) is 26.3 Å². The molecule has 130 valence electrons. The molecule has 2 unspecified atom stereocenters.